The first-order chi connectivity index (χ1) is 10.2. The zero-order valence-corrected chi connectivity index (χ0v) is 13.3. The highest BCUT2D eigenvalue weighted by atomic mass is 35.5. The van der Waals surface area contributed by atoms with Crippen LogP contribution in [-0.2, 0) is 11.2 Å². The number of halogens is 1. The van der Waals surface area contributed by atoms with Crippen LogP contribution in [0.4, 0.5) is 0 Å². The molecule has 0 amide bonds. The molecule has 0 saturated carbocycles. The third-order valence-corrected chi connectivity index (χ3v) is 3.85. The smallest absolute Gasteiger partial charge is 0.119 e. The van der Waals surface area contributed by atoms with Crippen LogP contribution in [-0.4, -0.2) is 20.3 Å². The van der Waals surface area contributed by atoms with Gasteiger partial charge >= 0.3 is 0 Å². The molecule has 0 radical (unpaired) electrons. The fourth-order valence-electron chi connectivity index (χ4n) is 2.17. The number of ether oxygens (including phenoxy) is 2. The van der Waals surface area contributed by atoms with Gasteiger partial charge in [0, 0.05) is 7.11 Å². The Morgan fingerprint density at radius 1 is 0.952 bits per heavy atom. The summed E-state index contributed by atoms with van der Waals surface area (Å²) >= 11 is 6.55. The minimum Gasteiger partial charge on any atom is -0.494 e. The van der Waals surface area contributed by atoms with Crippen LogP contribution in [0.25, 0.3) is 0 Å². The quantitative estimate of drug-likeness (QED) is 0.696. The van der Waals surface area contributed by atoms with Crippen molar-refractivity contribution in [2.45, 2.75) is 18.7 Å². The molecule has 0 spiro atoms. The van der Waals surface area contributed by atoms with Gasteiger partial charge in [0.05, 0.1) is 18.6 Å². The summed E-state index contributed by atoms with van der Waals surface area (Å²) < 4.78 is 10.5. The summed E-state index contributed by atoms with van der Waals surface area (Å²) in [5.74, 6) is 0.875. The van der Waals surface area contributed by atoms with Crippen molar-refractivity contribution in [2.75, 3.05) is 20.3 Å². The lowest BCUT2D eigenvalue weighted by Gasteiger charge is -2.12. The Bertz CT molecular complexity index is 534. The van der Waals surface area contributed by atoms with Gasteiger partial charge < -0.3 is 9.47 Å². The first-order valence-corrected chi connectivity index (χ1v) is 7.63. The summed E-state index contributed by atoms with van der Waals surface area (Å²) in [5, 5.41) is -0.142. The molecule has 3 heteroatoms. The Morgan fingerprint density at radius 2 is 1.52 bits per heavy atom. The zero-order valence-electron chi connectivity index (χ0n) is 12.5. The maximum absolute atomic E-state index is 6.55. The number of alkyl halides is 1. The third-order valence-electron chi connectivity index (χ3n) is 3.35. The van der Waals surface area contributed by atoms with Crippen molar-refractivity contribution in [3.63, 3.8) is 0 Å². The number of hydrogen-bond donors (Lipinski definition) is 0. The van der Waals surface area contributed by atoms with Gasteiger partial charge in [0.2, 0.25) is 0 Å². The molecule has 1 unspecified atom stereocenters. The summed E-state index contributed by atoms with van der Waals surface area (Å²) in [7, 11) is 1.72. The van der Waals surface area contributed by atoms with Crippen LogP contribution < -0.4 is 4.74 Å². The molecule has 0 aliphatic rings. The standard InChI is InChI=1S/C18H21ClO2/c1-3-21-17-10-8-16(9-11-17)18(19)15-6-4-14(5-7-15)12-13-20-2/h4-11,18H,3,12-13H2,1-2H3. The number of methoxy groups -OCH3 is 1. The Labute approximate surface area is 131 Å². The van der Waals surface area contributed by atoms with Gasteiger partial charge in [-0.3, -0.25) is 0 Å². The summed E-state index contributed by atoms with van der Waals surface area (Å²) in [5.41, 5.74) is 3.43. The zero-order chi connectivity index (χ0) is 15.1. The van der Waals surface area contributed by atoms with E-state index in [1.807, 2.05) is 31.2 Å². The highest BCUT2D eigenvalue weighted by molar-refractivity contribution is 6.22. The highest BCUT2D eigenvalue weighted by Gasteiger charge is 2.10. The Morgan fingerprint density at radius 3 is 2.05 bits per heavy atom. The van der Waals surface area contributed by atoms with E-state index in [1.165, 1.54) is 5.56 Å². The van der Waals surface area contributed by atoms with E-state index in [1.54, 1.807) is 7.11 Å². The van der Waals surface area contributed by atoms with E-state index in [9.17, 15) is 0 Å². The summed E-state index contributed by atoms with van der Waals surface area (Å²) in [6.07, 6.45) is 0.923. The fourth-order valence-corrected chi connectivity index (χ4v) is 2.46. The second kappa shape index (κ2) is 8.06. The molecule has 1 atom stereocenters. The molecule has 0 N–H and O–H groups in total. The van der Waals surface area contributed by atoms with Crippen LogP contribution >= 0.6 is 11.6 Å². The van der Waals surface area contributed by atoms with Gasteiger partial charge in [-0.15, -0.1) is 11.6 Å². The summed E-state index contributed by atoms with van der Waals surface area (Å²) in [6.45, 7) is 3.39. The lowest BCUT2D eigenvalue weighted by atomic mass is 10.0. The fraction of sp³-hybridized carbons (Fsp3) is 0.333. The monoisotopic (exact) mass is 304 g/mol. The van der Waals surface area contributed by atoms with Crippen molar-refractivity contribution in [1.29, 1.82) is 0 Å². The largest absolute Gasteiger partial charge is 0.494 e. The Balaban J connectivity index is 2.06. The van der Waals surface area contributed by atoms with Gasteiger partial charge in [-0.1, -0.05) is 36.4 Å². The number of hydrogen-bond acceptors (Lipinski definition) is 2. The molecule has 2 nitrogen and oxygen atoms in total. The molecule has 0 heterocycles. The van der Waals surface area contributed by atoms with Gasteiger partial charge in [-0.05, 0) is 42.2 Å². The van der Waals surface area contributed by atoms with Crippen LogP contribution in [0.3, 0.4) is 0 Å². The van der Waals surface area contributed by atoms with Gasteiger partial charge in [-0.25, -0.2) is 0 Å². The van der Waals surface area contributed by atoms with Gasteiger partial charge in [0.25, 0.3) is 0 Å². The van der Waals surface area contributed by atoms with Crippen molar-refractivity contribution in [2.24, 2.45) is 0 Å². The normalized spacial score (nSPS) is 12.1. The minimum atomic E-state index is -0.142. The van der Waals surface area contributed by atoms with E-state index >= 15 is 0 Å². The predicted molar refractivity (Wildman–Crippen MR) is 87.3 cm³/mol. The SMILES string of the molecule is CCOc1ccc(C(Cl)c2ccc(CCOC)cc2)cc1. The highest BCUT2D eigenvalue weighted by Crippen LogP contribution is 2.30. The minimum absolute atomic E-state index is 0.142. The van der Waals surface area contributed by atoms with Crippen LogP contribution in [0.5, 0.6) is 5.75 Å². The molecule has 2 aromatic carbocycles. The molecule has 2 rings (SSSR count). The molecule has 0 aromatic heterocycles. The molecule has 21 heavy (non-hydrogen) atoms. The molecule has 0 fully saturated rings. The van der Waals surface area contributed by atoms with E-state index < -0.39 is 0 Å². The van der Waals surface area contributed by atoms with Crippen LogP contribution in [0.15, 0.2) is 48.5 Å². The van der Waals surface area contributed by atoms with Crippen LogP contribution in [0.1, 0.15) is 29.0 Å². The number of benzene rings is 2. The topological polar surface area (TPSA) is 18.5 Å². The molecule has 0 saturated heterocycles. The molecular formula is C18H21ClO2. The van der Waals surface area contributed by atoms with Gasteiger partial charge in [0.1, 0.15) is 5.75 Å². The predicted octanol–water partition coefficient (Wildman–Crippen LogP) is 4.60. The lowest BCUT2D eigenvalue weighted by Crippen LogP contribution is -1.97. The molecule has 0 aliphatic heterocycles. The maximum atomic E-state index is 6.55. The van der Waals surface area contributed by atoms with Gasteiger partial charge in [0.15, 0.2) is 0 Å². The van der Waals surface area contributed by atoms with E-state index in [0.29, 0.717) is 6.61 Å². The maximum Gasteiger partial charge on any atom is 0.119 e. The Hall–Kier alpha value is -1.51. The molecule has 0 bridgehead atoms. The second-order valence-electron chi connectivity index (χ2n) is 4.85. The molecule has 112 valence electrons. The van der Waals surface area contributed by atoms with E-state index in [-0.39, 0.29) is 5.38 Å². The lowest BCUT2D eigenvalue weighted by molar-refractivity contribution is 0.202. The van der Waals surface area contributed by atoms with E-state index in [4.69, 9.17) is 21.1 Å². The molecule has 2 aromatic rings. The molecule has 0 aliphatic carbocycles. The van der Waals surface area contributed by atoms with E-state index in [2.05, 4.69) is 24.3 Å². The van der Waals surface area contributed by atoms with E-state index in [0.717, 1.165) is 29.9 Å². The van der Waals surface area contributed by atoms with Crippen molar-refractivity contribution in [3.8, 4) is 5.75 Å². The number of rotatable bonds is 7. The van der Waals surface area contributed by atoms with Crippen LogP contribution in [0, 0.1) is 0 Å². The van der Waals surface area contributed by atoms with Crippen LogP contribution in [0.2, 0.25) is 0 Å². The van der Waals surface area contributed by atoms with Crippen molar-refractivity contribution in [1.82, 2.24) is 0 Å². The van der Waals surface area contributed by atoms with Crippen molar-refractivity contribution < 1.29 is 9.47 Å². The third kappa shape index (κ3) is 4.48. The molecular weight excluding hydrogens is 284 g/mol. The first kappa shape index (κ1) is 15.9. The Kier molecular flexibility index (Phi) is 6.09. The van der Waals surface area contributed by atoms with Gasteiger partial charge in [-0.2, -0.15) is 0 Å². The summed E-state index contributed by atoms with van der Waals surface area (Å²) in [4.78, 5) is 0. The average molecular weight is 305 g/mol. The van der Waals surface area contributed by atoms with Crippen molar-refractivity contribution in [3.05, 3.63) is 65.2 Å². The second-order valence-corrected chi connectivity index (χ2v) is 5.29. The van der Waals surface area contributed by atoms with Crippen molar-refractivity contribution >= 4 is 11.6 Å². The average Bonchev–Trinajstić information content (AvgIpc) is 2.54. The first-order valence-electron chi connectivity index (χ1n) is 7.19. The summed E-state index contributed by atoms with van der Waals surface area (Å²) in [6, 6.07) is 16.3.